The van der Waals surface area contributed by atoms with E-state index in [0.717, 1.165) is 0 Å². The minimum atomic E-state index is -0.950. The Morgan fingerprint density at radius 3 is 2.33 bits per heavy atom. The Kier molecular flexibility index (Phi) is 3.55. The van der Waals surface area contributed by atoms with E-state index in [9.17, 15) is 0 Å². The molecular formula is C8H16Si. The van der Waals surface area contributed by atoms with Crippen LogP contribution in [0.5, 0.6) is 0 Å². The van der Waals surface area contributed by atoms with E-state index in [-0.39, 0.29) is 0 Å². The van der Waals surface area contributed by atoms with Gasteiger partial charge in [0.1, 0.15) is 0 Å². The van der Waals surface area contributed by atoms with E-state index < -0.39 is 8.07 Å². The van der Waals surface area contributed by atoms with Gasteiger partial charge in [0.25, 0.3) is 0 Å². The molecule has 0 aromatic heterocycles. The second kappa shape index (κ2) is 3.67. The number of hydrogen-bond acceptors (Lipinski definition) is 0. The topological polar surface area (TPSA) is 0 Å². The van der Waals surface area contributed by atoms with Crippen LogP contribution in [0.3, 0.4) is 0 Å². The van der Waals surface area contributed by atoms with Crippen LogP contribution in [0, 0.1) is 0 Å². The molecule has 0 fully saturated rings. The summed E-state index contributed by atoms with van der Waals surface area (Å²) in [6.07, 6.45) is 3.92. The SMILES string of the molecule is C=CC=C[Si](C)(C)CC. The van der Waals surface area contributed by atoms with Crippen molar-refractivity contribution in [2.75, 3.05) is 0 Å². The molecule has 0 nitrogen and oxygen atoms in total. The van der Waals surface area contributed by atoms with E-state index in [1.165, 1.54) is 6.04 Å². The highest BCUT2D eigenvalue weighted by atomic mass is 28.3. The summed E-state index contributed by atoms with van der Waals surface area (Å²) in [5.41, 5.74) is 2.32. The van der Waals surface area contributed by atoms with E-state index in [4.69, 9.17) is 0 Å². The Labute approximate surface area is 59.3 Å². The van der Waals surface area contributed by atoms with Crippen LogP contribution in [0.1, 0.15) is 6.92 Å². The van der Waals surface area contributed by atoms with Gasteiger partial charge in [0.2, 0.25) is 0 Å². The van der Waals surface area contributed by atoms with E-state index >= 15 is 0 Å². The van der Waals surface area contributed by atoms with Crippen LogP contribution in [-0.2, 0) is 0 Å². The van der Waals surface area contributed by atoms with Gasteiger partial charge in [-0.1, -0.05) is 50.5 Å². The van der Waals surface area contributed by atoms with Crippen LogP contribution in [0.15, 0.2) is 24.4 Å². The fourth-order valence-electron chi connectivity index (χ4n) is 0.446. The first kappa shape index (κ1) is 8.70. The van der Waals surface area contributed by atoms with E-state index in [1.54, 1.807) is 0 Å². The molecular weight excluding hydrogens is 124 g/mol. The molecule has 0 saturated heterocycles. The predicted octanol–water partition coefficient (Wildman–Crippen LogP) is 3.00. The first-order valence-electron chi connectivity index (χ1n) is 3.42. The second-order valence-electron chi connectivity index (χ2n) is 2.94. The average molecular weight is 140 g/mol. The zero-order valence-corrected chi connectivity index (χ0v) is 7.65. The fraction of sp³-hybridized carbons (Fsp3) is 0.500. The van der Waals surface area contributed by atoms with E-state index in [2.05, 4.69) is 38.4 Å². The molecule has 0 amide bonds. The average Bonchev–Trinajstić information content (AvgIpc) is 1.84. The lowest BCUT2D eigenvalue weighted by Gasteiger charge is -2.12. The Morgan fingerprint density at radius 1 is 1.44 bits per heavy atom. The fourth-order valence-corrected chi connectivity index (χ4v) is 1.34. The first-order valence-corrected chi connectivity index (χ1v) is 6.71. The van der Waals surface area contributed by atoms with Gasteiger partial charge >= 0.3 is 0 Å². The molecule has 0 atom stereocenters. The van der Waals surface area contributed by atoms with E-state index in [1.807, 2.05) is 6.08 Å². The van der Waals surface area contributed by atoms with Gasteiger partial charge in [-0.05, 0) is 0 Å². The minimum absolute atomic E-state index is 0.950. The maximum Gasteiger partial charge on any atom is 0.0714 e. The molecule has 0 bridgehead atoms. The third kappa shape index (κ3) is 4.22. The smallest absolute Gasteiger partial charge is 0.0714 e. The van der Waals surface area contributed by atoms with Gasteiger partial charge in [0.15, 0.2) is 0 Å². The van der Waals surface area contributed by atoms with Gasteiger partial charge in [-0.2, -0.15) is 0 Å². The summed E-state index contributed by atoms with van der Waals surface area (Å²) in [7, 11) is -0.950. The van der Waals surface area contributed by atoms with Crippen molar-refractivity contribution in [3.63, 3.8) is 0 Å². The normalized spacial score (nSPS) is 12.3. The van der Waals surface area contributed by atoms with Crippen LogP contribution >= 0.6 is 0 Å². The summed E-state index contributed by atoms with van der Waals surface area (Å²) in [6, 6.07) is 1.32. The standard InChI is InChI=1S/C8H16Si/c1-5-7-8-9(3,4)6-2/h5,7-8H,1,6H2,2-4H3. The highest BCUT2D eigenvalue weighted by Crippen LogP contribution is 2.08. The summed E-state index contributed by atoms with van der Waals surface area (Å²) >= 11 is 0. The number of allylic oxidation sites excluding steroid dienone is 2. The highest BCUT2D eigenvalue weighted by molar-refractivity contribution is 6.82. The van der Waals surface area contributed by atoms with Crippen LogP contribution in [0.2, 0.25) is 19.1 Å². The summed E-state index contributed by atoms with van der Waals surface area (Å²) < 4.78 is 0. The molecule has 0 unspecified atom stereocenters. The third-order valence-corrected chi connectivity index (χ3v) is 4.51. The summed E-state index contributed by atoms with van der Waals surface area (Å²) in [4.78, 5) is 0. The van der Waals surface area contributed by atoms with Gasteiger partial charge in [-0.3, -0.25) is 0 Å². The Morgan fingerprint density at radius 2 is 2.00 bits per heavy atom. The quantitative estimate of drug-likeness (QED) is 0.417. The summed E-state index contributed by atoms with van der Waals surface area (Å²) in [5, 5.41) is 0. The monoisotopic (exact) mass is 140 g/mol. The minimum Gasteiger partial charge on any atom is -0.0991 e. The zero-order chi connectivity index (χ0) is 7.33. The van der Waals surface area contributed by atoms with Crippen molar-refractivity contribution in [3.8, 4) is 0 Å². The Hall–Kier alpha value is -0.303. The lowest BCUT2D eigenvalue weighted by Crippen LogP contribution is -2.19. The van der Waals surface area contributed by atoms with Crippen LogP contribution in [0.25, 0.3) is 0 Å². The van der Waals surface area contributed by atoms with Crippen molar-refractivity contribution in [2.45, 2.75) is 26.1 Å². The summed E-state index contributed by atoms with van der Waals surface area (Å²) in [6.45, 7) is 10.6. The molecule has 0 spiro atoms. The van der Waals surface area contributed by atoms with Crippen molar-refractivity contribution in [2.24, 2.45) is 0 Å². The first-order chi connectivity index (χ1) is 4.12. The maximum atomic E-state index is 3.63. The van der Waals surface area contributed by atoms with Gasteiger partial charge in [0.05, 0.1) is 8.07 Å². The molecule has 0 saturated carbocycles. The van der Waals surface area contributed by atoms with Crippen molar-refractivity contribution >= 4 is 8.07 Å². The molecule has 0 N–H and O–H groups in total. The molecule has 1 heteroatoms. The molecule has 0 radical (unpaired) electrons. The van der Waals surface area contributed by atoms with Crippen molar-refractivity contribution < 1.29 is 0 Å². The molecule has 0 aliphatic heterocycles. The lowest BCUT2D eigenvalue weighted by atomic mass is 10.6. The van der Waals surface area contributed by atoms with Gasteiger partial charge < -0.3 is 0 Å². The molecule has 0 aromatic carbocycles. The van der Waals surface area contributed by atoms with E-state index in [0.29, 0.717) is 0 Å². The summed E-state index contributed by atoms with van der Waals surface area (Å²) in [5.74, 6) is 0. The van der Waals surface area contributed by atoms with Crippen molar-refractivity contribution in [1.29, 1.82) is 0 Å². The molecule has 0 heterocycles. The second-order valence-corrected chi connectivity index (χ2v) is 7.95. The Bertz CT molecular complexity index is 112. The molecule has 0 aliphatic rings. The number of rotatable bonds is 3. The van der Waals surface area contributed by atoms with Crippen LogP contribution < -0.4 is 0 Å². The van der Waals surface area contributed by atoms with Crippen LogP contribution in [0.4, 0.5) is 0 Å². The Balaban J connectivity index is 3.84. The molecule has 9 heavy (non-hydrogen) atoms. The van der Waals surface area contributed by atoms with Crippen molar-refractivity contribution in [1.82, 2.24) is 0 Å². The molecule has 0 aliphatic carbocycles. The third-order valence-electron chi connectivity index (χ3n) is 1.59. The van der Waals surface area contributed by atoms with Gasteiger partial charge in [0, 0.05) is 0 Å². The van der Waals surface area contributed by atoms with Crippen molar-refractivity contribution in [3.05, 3.63) is 24.4 Å². The molecule has 0 aromatic rings. The zero-order valence-electron chi connectivity index (χ0n) is 6.65. The van der Waals surface area contributed by atoms with Gasteiger partial charge in [-0.15, -0.1) is 0 Å². The van der Waals surface area contributed by atoms with Crippen LogP contribution in [-0.4, -0.2) is 8.07 Å². The predicted molar refractivity (Wildman–Crippen MR) is 47.3 cm³/mol. The van der Waals surface area contributed by atoms with Gasteiger partial charge in [-0.25, -0.2) is 0 Å². The number of hydrogen-bond donors (Lipinski definition) is 0. The highest BCUT2D eigenvalue weighted by Gasteiger charge is 2.11. The molecule has 0 rings (SSSR count). The lowest BCUT2D eigenvalue weighted by molar-refractivity contribution is 1.38. The maximum absolute atomic E-state index is 3.63. The molecule has 52 valence electrons. The largest absolute Gasteiger partial charge is 0.0991 e.